The van der Waals surface area contributed by atoms with Crippen molar-refractivity contribution in [2.45, 2.75) is 57.8 Å². The van der Waals surface area contributed by atoms with Gasteiger partial charge in [-0.3, -0.25) is 9.59 Å². The zero-order chi connectivity index (χ0) is 14.8. The number of alkyl halides is 3. The second-order valence-corrected chi connectivity index (χ2v) is 5.23. The largest absolute Gasteiger partial charge is 0.390 e. The Balaban J connectivity index is 2.88. The number of nitrogens with one attached hydrogen (secondary N) is 1. The van der Waals surface area contributed by atoms with Crippen LogP contribution in [-0.4, -0.2) is 41.0 Å². The lowest BCUT2D eigenvalue weighted by Crippen LogP contribution is -2.68. The smallest absolute Gasteiger partial charge is 0.342 e. The van der Waals surface area contributed by atoms with Gasteiger partial charge < -0.3 is 10.2 Å². The van der Waals surface area contributed by atoms with Crippen LogP contribution in [0.25, 0.3) is 0 Å². The van der Waals surface area contributed by atoms with Crippen LogP contribution in [0.2, 0.25) is 0 Å². The van der Waals surface area contributed by atoms with E-state index in [1.165, 1.54) is 13.8 Å². The Morgan fingerprint density at radius 1 is 1.32 bits per heavy atom. The fourth-order valence-corrected chi connectivity index (χ4v) is 2.10. The molecular weight excluding hydrogens is 261 g/mol. The van der Waals surface area contributed by atoms with Gasteiger partial charge in [0.15, 0.2) is 0 Å². The molecule has 1 heterocycles. The van der Waals surface area contributed by atoms with Crippen molar-refractivity contribution in [3.05, 3.63) is 0 Å². The highest BCUT2D eigenvalue weighted by Gasteiger charge is 2.46. The second kappa shape index (κ2) is 5.38. The van der Waals surface area contributed by atoms with Crippen LogP contribution >= 0.6 is 0 Å². The van der Waals surface area contributed by atoms with Crippen molar-refractivity contribution in [1.82, 2.24) is 10.2 Å². The van der Waals surface area contributed by atoms with E-state index in [2.05, 4.69) is 5.32 Å². The molecule has 19 heavy (non-hydrogen) atoms. The molecule has 0 bridgehead atoms. The summed E-state index contributed by atoms with van der Waals surface area (Å²) in [6.45, 7) is 4.28. The summed E-state index contributed by atoms with van der Waals surface area (Å²) in [5.41, 5.74) is -1.24. The first-order valence-corrected chi connectivity index (χ1v) is 6.28. The predicted octanol–water partition coefficient (Wildman–Crippen LogP) is 1.84. The van der Waals surface area contributed by atoms with Crippen LogP contribution in [-0.2, 0) is 9.59 Å². The summed E-state index contributed by atoms with van der Waals surface area (Å²) < 4.78 is 36.9. The highest BCUT2D eigenvalue weighted by atomic mass is 19.4. The molecule has 1 atom stereocenters. The monoisotopic (exact) mass is 280 g/mol. The lowest BCUT2D eigenvalue weighted by Gasteiger charge is -2.44. The lowest BCUT2D eigenvalue weighted by atomic mass is 9.94. The van der Waals surface area contributed by atoms with Gasteiger partial charge in [-0.2, -0.15) is 13.2 Å². The summed E-state index contributed by atoms with van der Waals surface area (Å²) >= 11 is 0. The molecule has 2 amide bonds. The number of piperazine rings is 1. The van der Waals surface area contributed by atoms with Crippen molar-refractivity contribution in [3.8, 4) is 0 Å². The Labute approximate surface area is 110 Å². The number of rotatable bonds is 4. The van der Waals surface area contributed by atoms with E-state index in [0.29, 0.717) is 12.8 Å². The maximum atomic E-state index is 12.3. The van der Waals surface area contributed by atoms with Gasteiger partial charge in [0.2, 0.25) is 11.8 Å². The van der Waals surface area contributed by atoms with Crippen LogP contribution in [0, 0.1) is 0 Å². The molecule has 110 valence electrons. The van der Waals surface area contributed by atoms with Crippen LogP contribution in [0.4, 0.5) is 13.2 Å². The fourth-order valence-electron chi connectivity index (χ4n) is 2.10. The third-order valence-electron chi connectivity index (χ3n) is 3.30. The van der Waals surface area contributed by atoms with Crippen LogP contribution in [0.5, 0.6) is 0 Å². The van der Waals surface area contributed by atoms with Gasteiger partial charge >= 0.3 is 6.18 Å². The fraction of sp³-hybridized carbons (Fsp3) is 0.833. The molecule has 7 heteroatoms. The van der Waals surface area contributed by atoms with Gasteiger partial charge in [-0.05, 0) is 20.3 Å². The van der Waals surface area contributed by atoms with Crippen molar-refractivity contribution in [1.29, 1.82) is 0 Å². The van der Waals surface area contributed by atoms with Gasteiger partial charge in [0.05, 0.1) is 6.42 Å². The number of carbonyl (C=O) groups is 2. The van der Waals surface area contributed by atoms with Gasteiger partial charge in [0, 0.05) is 6.54 Å². The average Bonchev–Trinajstić information content (AvgIpc) is 2.24. The number of amides is 2. The molecule has 0 spiro atoms. The minimum atomic E-state index is -4.34. The van der Waals surface area contributed by atoms with E-state index in [1.807, 2.05) is 6.92 Å². The third-order valence-corrected chi connectivity index (χ3v) is 3.30. The molecular formula is C12H19F3N2O2. The topological polar surface area (TPSA) is 49.4 Å². The van der Waals surface area contributed by atoms with E-state index in [0.717, 1.165) is 4.90 Å². The van der Waals surface area contributed by atoms with E-state index in [-0.39, 0.29) is 0 Å². The molecule has 1 N–H and O–H groups in total. The molecule has 0 aromatic rings. The van der Waals surface area contributed by atoms with Crippen molar-refractivity contribution in [3.63, 3.8) is 0 Å². The first kappa shape index (κ1) is 15.8. The second-order valence-electron chi connectivity index (χ2n) is 5.23. The summed E-state index contributed by atoms with van der Waals surface area (Å²) in [5.74, 6) is -0.844. The van der Waals surface area contributed by atoms with Crippen molar-refractivity contribution in [2.75, 3.05) is 6.54 Å². The first-order valence-electron chi connectivity index (χ1n) is 6.28. The van der Waals surface area contributed by atoms with E-state index >= 15 is 0 Å². The number of hydrogen-bond donors (Lipinski definition) is 1. The Morgan fingerprint density at radius 2 is 1.89 bits per heavy atom. The molecule has 0 radical (unpaired) electrons. The maximum Gasteiger partial charge on any atom is 0.390 e. The first-order chi connectivity index (χ1) is 8.59. The highest BCUT2D eigenvalue weighted by molar-refractivity contribution is 5.99. The average molecular weight is 280 g/mol. The summed E-state index contributed by atoms with van der Waals surface area (Å²) in [5, 5.41) is 2.57. The van der Waals surface area contributed by atoms with Crippen molar-refractivity contribution in [2.24, 2.45) is 0 Å². The quantitative estimate of drug-likeness (QED) is 0.854. The normalized spacial score (nSPS) is 23.5. The number of nitrogens with zero attached hydrogens (tertiary/aromatic N) is 1. The zero-order valence-corrected chi connectivity index (χ0v) is 11.3. The van der Waals surface area contributed by atoms with Gasteiger partial charge in [-0.1, -0.05) is 13.3 Å². The van der Waals surface area contributed by atoms with E-state index < -0.39 is 42.5 Å². The summed E-state index contributed by atoms with van der Waals surface area (Å²) in [6, 6.07) is -0.709. The third kappa shape index (κ3) is 3.61. The highest BCUT2D eigenvalue weighted by Crippen LogP contribution is 2.26. The maximum absolute atomic E-state index is 12.3. The Kier molecular flexibility index (Phi) is 4.47. The molecule has 1 aliphatic heterocycles. The van der Waals surface area contributed by atoms with Crippen LogP contribution in [0.3, 0.4) is 0 Å². The molecule has 0 aromatic heterocycles. The summed E-state index contributed by atoms with van der Waals surface area (Å²) in [6.07, 6.45) is -4.34. The van der Waals surface area contributed by atoms with Crippen molar-refractivity contribution >= 4 is 11.8 Å². The Morgan fingerprint density at radius 3 is 2.37 bits per heavy atom. The molecule has 1 rings (SSSR count). The SMILES string of the molecule is CCCC1NC(=O)C(C)(C)N(CCC(F)(F)F)C1=O. The molecule has 1 unspecified atom stereocenters. The molecule has 1 aliphatic rings. The minimum Gasteiger partial charge on any atom is -0.342 e. The van der Waals surface area contributed by atoms with Crippen molar-refractivity contribution < 1.29 is 22.8 Å². The van der Waals surface area contributed by atoms with E-state index in [4.69, 9.17) is 0 Å². The molecule has 1 fully saturated rings. The molecule has 0 aliphatic carbocycles. The lowest BCUT2D eigenvalue weighted by molar-refractivity contribution is -0.163. The van der Waals surface area contributed by atoms with Crippen LogP contribution < -0.4 is 5.32 Å². The molecule has 4 nitrogen and oxygen atoms in total. The molecule has 1 saturated heterocycles. The van der Waals surface area contributed by atoms with Crippen LogP contribution in [0.1, 0.15) is 40.0 Å². The zero-order valence-electron chi connectivity index (χ0n) is 11.3. The summed E-state index contributed by atoms with van der Waals surface area (Å²) in [4.78, 5) is 25.1. The summed E-state index contributed by atoms with van der Waals surface area (Å²) in [7, 11) is 0. The Hall–Kier alpha value is -1.27. The number of carbonyl (C=O) groups excluding carboxylic acids is 2. The minimum absolute atomic E-state index is 0.410. The number of hydrogen-bond acceptors (Lipinski definition) is 2. The van der Waals surface area contributed by atoms with E-state index in [9.17, 15) is 22.8 Å². The van der Waals surface area contributed by atoms with Gasteiger partial charge in [-0.15, -0.1) is 0 Å². The van der Waals surface area contributed by atoms with Gasteiger partial charge in [-0.25, -0.2) is 0 Å². The number of halogens is 3. The standard InChI is InChI=1S/C12H19F3N2O2/c1-4-5-8-9(18)17(7-6-12(13,14)15)11(2,3)10(19)16-8/h8H,4-7H2,1-3H3,(H,16,19). The van der Waals surface area contributed by atoms with Crippen LogP contribution in [0.15, 0.2) is 0 Å². The van der Waals surface area contributed by atoms with E-state index in [1.54, 1.807) is 0 Å². The molecule has 0 saturated carbocycles. The van der Waals surface area contributed by atoms with Gasteiger partial charge in [0.1, 0.15) is 11.6 Å². The Bertz CT molecular complexity index is 366. The molecule has 0 aromatic carbocycles. The predicted molar refractivity (Wildman–Crippen MR) is 63.3 cm³/mol. The van der Waals surface area contributed by atoms with Gasteiger partial charge in [0.25, 0.3) is 0 Å².